The molecule has 4 rings (SSSR count). The van der Waals surface area contributed by atoms with E-state index in [2.05, 4.69) is 10.3 Å². The summed E-state index contributed by atoms with van der Waals surface area (Å²) < 4.78 is 11.2. The van der Waals surface area contributed by atoms with Crippen LogP contribution in [-0.4, -0.2) is 41.2 Å². The van der Waals surface area contributed by atoms with Gasteiger partial charge in [0.15, 0.2) is 17.7 Å². The zero-order valence-electron chi connectivity index (χ0n) is 21.6. The third-order valence-corrected chi connectivity index (χ3v) is 6.33. The maximum absolute atomic E-state index is 13.4. The highest BCUT2D eigenvalue weighted by molar-refractivity contribution is 6.06. The summed E-state index contributed by atoms with van der Waals surface area (Å²) in [5.74, 6) is 0.609. The van der Waals surface area contributed by atoms with E-state index in [0.29, 0.717) is 18.1 Å². The maximum atomic E-state index is 13.4. The maximum Gasteiger partial charge on any atom is 0.271 e. The Hall–Kier alpha value is -4.20. The molecule has 2 heterocycles. The molecule has 0 fully saturated rings. The number of nitrogens with zero attached hydrogens (tertiary/aromatic N) is 3. The SMILES string of the molecule is CCOc1ccc(C2=NN(C(NC(=O)c3ccccn3)c3ccc(C)cc3)C(=O)CC2CC)cc1OC. The topological polar surface area (TPSA) is 93.1 Å². The fourth-order valence-electron chi connectivity index (χ4n) is 4.32. The lowest BCUT2D eigenvalue weighted by Crippen LogP contribution is -2.46. The van der Waals surface area contributed by atoms with Crippen LogP contribution in [0.2, 0.25) is 0 Å². The standard InChI is InChI=1S/C29H32N4O4/c1-5-20-18-26(34)33(32-27(20)22-14-15-24(37-6-2)25(17-22)36-4)28(21-12-10-19(3)11-13-21)31-29(35)23-9-7-8-16-30-23/h7-17,20,28H,5-6,18H2,1-4H3,(H,31,35). The van der Waals surface area contributed by atoms with E-state index < -0.39 is 12.1 Å². The summed E-state index contributed by atoms with van der Waals surface area (Å²) in [7, 11) is 1.60. The summed E-state index contributed by atoms with van der Waals surface area (Å²) in [5, 5.41) is 9.21. The van der Waals surface area contributed by atoms with Gasteiger partial charge >= 0.3 is 0 Å². The summed E-state index contributed by atoms with van der Waals surface area (Å²) in [6.07, 6.45) is 1.76. The average Bonchev–Trinajstić information content (AvgIpc) is 2.93. The van der Waals surface area contributed by atoms with Crippen LogP contribution < -0.4 is 14.8 Å². The number of methoxy groups -OCH3 is 1. The van der Waals surface area contributed by atoms with Crippen LogP contribution in [0, 0.1) is 12.8 Å². The van der Waals surface area contributed by atoms with E-state index in [9.17, 15) is 9.59 Å². The molecule has 1 aliphatic rings. The lowest BCUT2D eigenvalue weighted by atomic mass is 9.89. The number of hydrogen-bond acceptors (Lipinski definition) is 6. The number of carbonyl (C=O) groups is 2. The van der Waals surface area contributed by atoms with Gasteiger partial charge in [0, 0.05) is 24.1 Å². The highest BCUT2D eigenvalue weighted by Crippen LogP contribution is 2.33. The molecule has 1 N–H and O–H groups in total. The first-order valence-corrected chi connectivity index (χ1v) is 12.4. The van der Waals surface area contributed by atoms with Crippen LogP contribution in [-0.2, 0) is 4.79 Å². The van der Waals surface area contributed by atoms with E-state index in [0.717, 1.165) is 28.8 Å². The van der Waals surface area contributed by atoms with Gasteiger partial charge < -0.3 is 14.8 Å². The van der Waals surface area contributed by atoms with Gasteiger partial charge in [-0.3, -0.25) is 14.6 Å². The van der Waals surface area contributed by atoms with E-state index in [1.54, 1.807) is 31.5 Å². The average molecular weight is 501 g/mol. The number of hydrazone groups is 1. The second-order valence-corrected chi connectivity index (χ2v) is 8.83. The second-order valence-electron chi connectivity index (χ2n) is 8.83. The first-order valence-electron chi connectivity index (χ1n) is 12.4. The molecular weight excluding hydrogens is 468 g/mol. The van der Waals surface area contributed by atoms with Crippen LogP contribution in [0.4, 0.5) is 0 Å². The third kappa shape index (κ3) is 5.80. The van der Waals surface area contributed by atoms with Gasteiger partial charge in [0.25, 0.3) is 5.91 Å². The molecular formula is C29H32N4O4. The van der Waals surface area contributed by atoms with Crippen LogP contribution in [0.5, 0.6) is 11.5 Å². The molecule has 37 heavy (non-hydrogen) atoms. The van der Waals surface area contributed by atoms with Crippen LogP contribution in [0.25, 0.3) is 0 Å². The van der Waals surface area contributed by atoms with Gasteiger partial charge in [-0.15, -0.1) is 0 Å². The lowest BCUT2D eigenvalue weighted by Gasteiger charge is -2.35. The van der Waals surface area contributed by atoms with E-state index in [-0.39, 0.29) is 23.9 Å². The fraction of sp³-hybridized carbons (Fsp3) is 0.310. The van der Waals surface area contributed by atoms with E-state index in [1.165, 1.54) is 5.01 Å². The predicted octanol–water partition coefficient (Wildman–Crippen LogP) is 4.89. The molecule has 8 heteroatoms. The Balaban J connectivity index is 1.77. The van der Waals surface area contributed by atoms with Crippen molar-refractivity contribution >= 4 is 17.5 Å². The Morgan fingerprint density at radius 3 is 2.54 bits per heavy atom. The van der Waals surface area contributed by atoms with Crippen molar-refractivity contribution in [3.05, 3.63) is 89.2 Å². The molecule has 2 aromatic carbocycles. The van der Waals surface area contributed by atoms with Crippen molar-refractivity contribution in [2.45, 2.75) is 39.8 Å². The van der Waals surface area contributed by atoms with E-state index in [4.69, 9.17) is 14.6 Å². The second kappa shape index (κ2) is 11.7. The monoisotopic (exact) mass is 500 g/mol. The highest BCUT2D eigenvalue weighted by Gasteiger charge is 2.35. The smallest absolute Gasteiger partial charge is 0.271 e. The molecule has 0 bridgehead atoms. The van der Waals surface area contributed by atoms with E-state index >= 15 is 0 Å². The number of hydrogen-bond donors (Lipinski definition) is 1. The highest BCUT2D eigenvalue weighted by atomic mass is 16.5. The molecule has 8 nitrogen and oxygen atoms in total. The molecule has 2 amide bonds. The lowest BCUT2D eigenvalue weighted by molar-refractivity contribution is -0.135. The fourth-order valence-corrected chi connectivity index (χ4v) is 4.32. The Kier molecular flexibility index (Phi) is 8.18. The molecule has 0 saturated carbocycles. The number of rotatable bonds is 9. The Morgan fingerprint density at radius 2 is 1.89 bits per heavy atom. The number of ether oxygens (including phenoxy) is 2. The van der Waals surface area contributed by atoms with Gasteiger partial charge in [0.1, 0.15) is 5.69 Å². The minimum Gasteiger partial charge on any atom is -0.493 e. The summed E-state index contributed by atoms with van der Waals surface area (Å²) >= 11 is 0. The molecule has 0 radical (unpaired) electrons. The molecule has 0 saturated heterocycles. The molecule has 0 aliphatic carbocycles. The minimum atomic E-state index is -0.806. The van der Waals surface area contributed by atoms with Crippen molar-refractivity contribution in [2.24, 2.45) is 11.0 Å². The van der Waals surface area contributed by atoms with Gasteiger partial charge in [0.05, 0.1) is 19.4 Å². The van der Waals surface area contributed by atoms with Gasteiger partial charge in [-0.25, -0.2) is 5.01 Å². The van der Waals surface area contributed by atoms with E-state index in [1.807, 2.05) is 63.2 Å². The van der Waals surface area contributed by atoms with Gasteiger partial charge in [-0.1, -0.05) is 42.8 Å². The first kappa shape index (κ1) is 25.9. The number of carbonyl (C=O) groups excluding carboxylic acids is 2. The zero-order chi connectivity index (χ0) is 26.4. The largest absolute Gasteiger partial charge is 0.493 e. The Morgan fingerprint density at radius 1 is 1.11 bits per heavy atom. The van der Waals surface area contributed by atoms with Crippen molar-refractivity contribution < 1.29 is 19.1 Å². The molecule has 0 spiro atoms. The number of pyridine rings is 1. The van der Waals surface area contributed by atoms with Crippen molar-refractivity contribution in [3.8, 4) is 11.5 Å². The Labute approximate surface area is 217 Å². The molecule has 3 aromatic rings. The normalized spacial score (nSPS) is 16.1. The van der Waals surface area contributed by atoms with Crippen LogP contribution >= 0.6 is 0 Å². The quantitative estimate of drug-likeness (QED) is 0.452. The first-order chi connectivity index (χ1) is 17.9. The molecule has 2 atom stereocenters. The van der Waals surface area contributed by atoms with Crippen molar-refractivity contribution in [3.63, 3.8) is 0 Å². The van der Waals surface area contributed by atoms with Gasteiger partial charge in [-0.2, -0.15) is 5.10 Å². The van der Waals surface area contributed by atoms with Crippen molar-refractivity contribution in [1.82, 2.24) is 15.3 Å². The Bertz CT molecular complexity index is 1270. The van der Waals surface area contributed by atoms with Crippen molar-refractivity contribution in [1.29, 1.82) is 0 Å². The van der Waals surface area contributed by atoms with Crippen molar-refractivity contribution in [2.75, 3.05) is 13.7 Å². The number of benzene rings is 2. The summed E-state index contributed by atoms with van der Waals surface area (Å²) in [5.41, 5.74) is 3.66. The van der Waals surface area contributed by atoms with Gasteiger partial charge in [0.2, 0.25) is 5.91 Å². The van der Waals surface area contributed by atoms with Crippen LogP contribution in [0.3, 0.4) is 0 Å². The number of aryl methyl sites for hydroxylation is 1. The van der Waals surface area contributed by atoms with Crippen LogP contribution in [0.1, 0.15) is 60.0 Å². The molecule has 1 aromatic heterocycles. The summed E-state index contributed by atoms with van der Waals surface area (Å²) in [6.45, 7) is 6.46. The zero-order valence-corrected chi connectivity index (χ0v) is 21.6. The molecule has 2 unspecified atom stereocenters. The summed E-state index contributed by atoms with van der Waals surface area (Å²) in [6, 6.07) is 18.5. The molecule has 1 aliphatic heterocycles. The van der Waals surface area contributed by atoms with Gasteiger partial charge in [-0.05, 0) is 56.2 Å². The summed E-state index contributed by atoms with van der Waals surface area (Å²) in [4.78, 5) is 30.7. The minimum absolute atomic E-state index is 0.0726. The number of nitrogens with one attached hydrogen (secondary N) is 1. The third-order valence-electron chi connectivity index (χ3n) is 6.33. The number of amides is 2. The number of aromatic nitrogens is 1. The predicted molar refractivity (Wildman–Crippen MR) is 142 cm³/mol. The van der Waals surface area contributed by atoms with Crippen LogP contribution in [0.15, 0.2) is 72.0 Å². The molecule has 192 valence electrons.